The molecule has 0 aromatic heterocycles. The van der Waals surface area contributed by atoms with Crippen molar-refractivity contribution in [3.8, 4) is 0 Å². The normalized spacial score (nSPS) is 20.7. The van der Waals surface area contributed by atoms with E-state index in [0.717, 1.165) is 13.1 Å². The lowest BCUT2D eigenvalue weighted by atomic mass is 9.87. The van der Waals surface area contributed by atoms with Gasteiger partial charge in [0.1, 0.15) is 0 Å². The zero-order valence-electron chi connectivity index (χ0n) is 12.0. The van der Waals surface area contributed by atoms with Crippen molar-refractivity contribution in [3.05, 3.63) is 0 Å². The van der Waals surface area contributed by atoms with Crippen LogP contribution in [0.15, 0.2) is 0 Å². The van der Waals surface area contributed by atoms with Crippen LogP contribution in [0.2, 0.25) is 0 Å². The molecule has 0 aromatic carbocycles. The predicted molar refractivity (Wildman–Crippen MR) is 73.2 cm³/mol. The number of carbonyl (C=O) groups excluding carboxylic acids is 1. The fourth-order valence-corrected chi connectivity index (χ4v) is 2.98. The van der Waals surface area contributed by atoms with E-state index in [-0.39, 0.29) is 17.9 Å². The molecule has 106 valence electrons. The second kappa shape index (κ2) is 7.74. The Morgan fingerprint density at radius 2 is 1.89 bits per heavy atom. The van der Waals surface area contributed by atoms with E-state index in [9.17, 15) is 4.79 Å². The molecule has 1 heterocycles. The highest BCUT2D eigenvalue weighted by molar-refractivity contribution is 5.73. The van der Waals surface area contributed by atoms with E-state index in [0.29, 0.717) is 19.1 Å². The standard InChI is InChI=1S/C14H28N2O2/c1-4-18-14(17)12(10-15)13(11(2)3)16-8-6-5-7-9-16/h11-13H,4-10,15H2,1-3H3/t12-,13+/m0/s1. The minimum Gasteiger partial charge on any atom is -0.466 e. The van der Waals surface area contributed by atoms with Gasteiger partial charge in [-0.25, -0.2) is 0 Å². The predicted octanol–water partition coefficient (Wildman–Crippen LogP) is 1.63. The molecule has 0 spiro atoms. The van der Waals surface area contributed by atoms with Crippen molar-refractivity contribution in [2.45, 2.75) is 46.1 Å². The number of likely N-dealkylation sites (tertiary alicyclic amines) is 1. The minimum absolute atomic E-state index is 0.135. The van der Waals surface area contributed by atoms with Crippen LogP contribution in [0.25, 0.3) is 0 Å². The zero-order chi connectivity index (χ0) is 13.5. The van der Waals surface area contributed by atoms with E-state index in [4.69, 9.17) is 10.5 Å². The number of ether oxygens (including phenoxy) is 1. The summed E-state index contributed by atoms with van der Waals surface area (Å²) in [7, 11) is 0. The van der Waals surface area contributed by atoms with E-state index in [1.807, 2.05) is 6.92 Å². The van der Waals surface area contributed by atoms with E-state index in [2.05, 4.69) is 18.7 Å². The molecule has 4 nitrogen and oxygen atoms in total. The highest BCUT2D eigenvalue weighted by Crippen LogP contribution is 2.24. The van der Waals surface area contributed by atoms with Gasteiger partial charge in [-0.15, -0.1) is 0 Å². The van der Waals surface area contributed by atoms with Crippen LogP contribution in [0.4, 0.5) is 0 Å². The Bertz CT molecular complexity index is 250. The number of nitrogens with two attached hydrogens (primary N) is 1. The second-order valence-corrected chi connectivity index (χ2v) is 5.43. The largest absolute Gasteiger partial charge is 0.466 e. The van der Waals surface area contributed by atoms with Crippen LogP contribution < -0.4 is 5.73 Å². The number of piperidine rings is 1. The van der Waals surface area contributed by atoms with Gasteiger partial charge in [0.05, 0.1) is 12.5 Å². The van der Waals surface area contributed by atoms with Gasteiger partial charge in [-0.05, 0) is 38.8 Å². The van der Waals surface area contributed by atoms with Gasteiger partial charge in [0.2, 0.25) is 0 Å². The van der Waals surface area contributed by atoms with Gasteiger partial charge >= 0.3 is 5.97 Å². The maximum atomic E-state index is 12.0. The lowest BCUT2D eigenvalue weighted by Gasteiger charge is -2.40. The Kier molecular flexibility index (Phi) is 6.65. The van der Waals surface area contributed by atoms with Crippen LogP contribution in [0.1, 0.15) is 40.0 Å². The van der Waals surface area contributed by atoms with Crippen molar-refractivity contribution in [1.29, 1.82) is 0 Å². The Morgan fingerprint density at radius 3 is 2.33 bits per heavy atom. The fraction of sp³-hybridized carbons (Fsp3) is 0.929. The molecule has 4 heteroatoms. The molecular weight excluding hydrogens is 228 g/mol. The van der Waals surface area contributed by atoms with Gasteiger partial charge in [-0.2, -0.15) is 0 Å². The van der Waals surface area contributed by atoms with Crippen molar-refractivity contribution < 1.29 is 9.53 Å². The van der Waals surface area contributed by atoms with Gasteiger partial charge < -0.3 is 10.5 Å². The molecule has 1 aliphatic heterocycles. The summed E-state index contributed by atoms with van der Waals surface area (Å²) in [6.07, 6.45) is 3.75. The molecule has 0 bridgehead atoms. The third-order valence-corrected chi connectivity index (χ3v) is 3.75. The van der Waals surface area contributed by atoms with Crippen molar-refractivity contribution in [2.75, 3.05) is 26.2 Å². The summed E-state index contributed by atoms with van der Waals surface area (Å²) >= 11 is 0. The Morgan fingerprint density at radius 1 is 1.28 bits per heavy atom. The third kappa shape index (κ3) is 3.95. The lowest BCUT2D eigenvalue weighted by Crippen LogP contribution is -2.51. The monoisotopic (exact) mass is 256 g/mol. The number of nitrogens with zero attached hydrogens (tertiary/aromatic N) is 1. The van der Waals surface area contributed by atoms with E-state index in [1.54, 1.807) is 0 Å². The van der Waals surface area contributed by atoms with Crippen molar-refractivity contribution in [2.24, 2.45) is 17.6 Å². The zero-order valence-corrected chi connectivity index (χ0v) is 12.0. The summed E-state index contributed by atoms with van der Waals surface area (Å²) < 4.78 is 5.17. The number of rotatable bonds is 6. The first-order valence-corrected chi connectivity index (χ1v) is 7.22. The quantitative estimate of drug-likeness (QED) is 0.734. The van der Waals surface area contributed by atoms with Gasteiger partial charge in [0.15, 0.2) is 0 Å². The highest BCUT2D eigenvalue weighted by Gasteiger charge is 2.35. The van der Waals surface area contributed by atoms with Crippen molar-refractivity contribution in [1.82, 2.24) is 4.90 Å². The van der Waals surface area contributed by atoms with Crippen molar-refractivity contribution >= 4 is 5.97 Å². The molecule has 0 unspecified atom stereocenters. The molecular formula is C14H28N2O2. The van der Waals surface area contributed by atoms with Gasteiger partial charge in [-0.1, -0.05) is 20.3 Å². The van der Waals surface area contributed by atoms with Gasteiger partial charge in [-0.3, -0.25) is 9.69 Å². The van der Waals surface area contributed by atoms with Crippen LogP contribution in [0, 0.1) is 11.8 Å². The summed E-state index contributed by atoms with van der Waals surface area (Å²) in [4.78, 5) is 14.5. The van der Waals surface area contributed by atoms with E-state index < -0.39 is 0 Å². The average molecular weight is 256 g/mol. The second-order valence-electron chi connectivity index (χ2n) is 5.43. The van der Waals surface area contributed by atoms with Crippen LogP contribution in [-0.2, 0) is 9.53 Å². The van der Waals surface area contributed by atoms with Gasteiger partial charge in [0.25, 0.3) is 0 Å². The van der Waals surface area contributed by atoms with E-state index >= 15 is 0 Å². The fourth-order valence-electron chi connectivity index (χ4n) is 2.98. The summed E-state index contributed by atoms with van der Waals surface area (Å²) in [5, 5.41) is 0. The van der Waals surface area contributed by atoms with Crippen LogP contribution >= 0.6 is 0 Å². The molecule has 1 rings (SSSR count). The van der Waals surface area contributed by atoms with Gasteiger partial charge in [0, 0.05) is 12.6 Å². The van der Waals surface area contributed by atoms with Crippen LogP contribution in [0.3, 0.4) is 0 Å². The molecule has 1 saturated heterocycles. The molecule has 0 aliphatic carbocycles. The van der Waals surface area contributed by atoms with Crippen LogP contribution in [-0.4, -0.2) is 43.2 Å². The SMILES string of the molecule is CCOC(=O)[C@@H](CN)[C@@H](C(C)C)N1CCCCC1. The number of hydrogen-bond donors (Lipinski definition) is 1. The highest BCUT2D eigenvalue weighted by atomic mass is 16.5. The maximum Gasteiger partial charge on any atom is 0.311 e. The smallest absolute Gasteiger partial charge is 0.311 e. The summed E-state index contributed by atoms with van der Waals surface area (Å²) in [5.74, 6) is 0.0911. The minimum atomic E-state index is -0.192. The Labute approximate surface area is 111 Å². The lowest BCUT2D eigenvalue weighted by molar-refractivity contribution is -0.151. The average Bonchev–Trinajstić information content (AvgIpc) is 2.36. The number of hydrogen-bond acceptors (Lipinski definition) is 4. The first-order chi connectivity index (χ1) is 8.61. The summed E-state index contributed by atoms with van der Waals surface area (Å²) in [5.41, 5.74) is 5.82. The first kappa shape index (κ1) is 15.4. The molecule has 0 saturated carbocycles. The molecule has 0 amide bonds. The molecule has 0 aromatic rings. The molecule has 0 radical (unpaired) electrons. The third-order valence-electron chi connectivity index (χ3n) is 3.75. The van der Waals surface area contributed by atoms with E-state index in [1.165, 1.54) is 19.3 Å². The molecule has 18 heavy (non-hydrogen) atoms. The Balaban J connectivity index is 2.76. The molecule has 2 atom stereocenters. The summed E-state index contributed by atoms with van der Waals surface area (Å²) in [6.45, 7) is 9.15. The van der Waals surface area contributed by atoms with Crippen LogP contribution in [0.5, 0.6) is 0 Å². The Hall–Kier alpha value is -0.610. The maximum absolute atomic E-state index is 12.0. The number of carbonyl (C=O) groups is 1. The first-order valence-electron chi connectivity index (χ1n) is 7.22. The summed E-state index contributed by atoms with van der Waals surface area (Å²) in [6, 6.07) is 0.217. The molecule has 1 aliphatic rings. The van der Waals surface area contributed by atoms with Crippen molar-refractivity contribution in [3.63, 3.8) is 0 Å². The topological polar surface area (TPSA) is 55.6 Å². The molecule has 1 fully saturated rings. The molecule has 2 N–H and O–H groups in total. The number of esters is 1.